The molecule has 3 aromatic rings. The fourth-order valence-electron chi connectivity index (χ4n) is 4.10. The van der Waals surface area contributed by atoms with E-state index in [0.717, 1.165) is 0 Å². The minimum Gasteiger partial charge on any atom is -0.464 e. The minimum atomic E-state index is -3.83. The third-order valence-corrected chi connectivity index (χ3v) is 8.17. The lowest BCUT2D eigenvalue weighted by Crippen LogP contribution is -2.29. The van der Waals surface area contributed by atoms with Crippen molar-refractivity contribution < 1.29 is 41.8 Å². The molecule has 248 valence electrons. The summed E-state index contributed by atoms with van der Waals surface area (Å²) in [6, 6.07) is 3.97. The first-order chi connectivity index (χ1) is 21.4. The molecular weight excluding hydrogens is 610 g/mol. The monoisotopic (exact) mass is 652 g/mol. The largest absolute Gasteiger partial charge is 0.464 e. The molecule has 2 aromatic heterocycles. The number of carbonyl (C=O) groups excluding carboxylic acids is 2. The van der Waals surface area contributed by atoms with Gasteiger partial charge in [-0.05, 0) is 43.4 Å². The summed E-state index contributed by atoms with van der Waals surface area (Å²) in [7, 11) is -3.83. The molecule has 2 unspecified atom stereocenters. The van der Waals surface area contributed by atoms with Gasteiger partial charge >= 0.3 is 19.5 Å². The van der Waals surface area contributed by atoms with Crippen molar-refractivity contribution in [1.82, 2.24) is 19.5 Å². The van der Waals surface area contributed by atoms with E-state index in [4.69, 9.17) is 34.7 Å². The Kier molecular flexibility index (Phi) is 13.8. The molecule has 0 spiro atoms. The Balaban J connectivity index is 1.51. The smallest absolute Gasteiger partial charge is 0.356 e. The molecule has 0 bridgehead atoms. The van der Waals surface area contributed by atoms with Gasteiger partial charge in [0.25, 0.3) is 0 Å². The summed E-state index contributed by atoms with van der Waals surface area (Å²) in [4.78, 5) is 36.4. The second-order valence-corrected chi connectivity index (χ2v) is 12.8. The van der Waals surface area contributed by atoms with E-state index in [0.29, 0.717) is 41.2 Å². The van der Waals surface area contributed by atoms with Crippen molar-refractivity contribution in [2.45, 2.75) is 59.0 Å². The van der Waals surface area contributed by atoms with Crippen LogP contribution in [-0.4, -0.2) is 76.9 Å². The minimum absolute atomic E-state index is 0.00840. The third-order valence-electron chi connectivity index (χ3n) is 6.52. The fourth-order valence-corrected chi connectivity index (χ4v) is 5.43. The van der Waals surface area contributed by atoms with E-state index in [9.17, 15) is 18.5 Å². The number of fused-ring (bicyclic) bond motifs is 1. The van der Waals surface area contributed by atoms with Gasteiger partial charge in [0, 0.05) is 13.0 Å². The molecule has 3 rings (SSSR count). The van der Waals surface area contributed by atoms with Gasteiger partial charge in [0.1, 0.15) is 36.7 Å². The molecule has 0 saturated heterocycles. The van der Waals surface area contributed by atoms with Crippen LogP contribution in [0.4, 0.5) is 10.2 Å². The quantitative estimate of drug-likeness (QED) is 0.109. The van der Waals surface area contributed by atoms with Crippen LogP contribution in [0.2, 0.25) is 0 Å². The van der Waals surface area contributed by atoms with Gasteiger partial charge < -0.3 is 39.3 Å². The molecule has 4 N–H and O–H groups in total. The first kappa shape index (κ1) is 36.0. The Morgan fingerprint density at radius 3 is 2.42 bits per heavy atom. The molecule has 0 aliphatic carbocycles. The van der Waals surface area contributed by atoms with E-state index in [1.165, 1.54) is 19.3 Å². The highest BCUT2D eigenvalue weighted by atomic mass is 31.2. The standard InChI is InChI=1S/C29H42FN6O8P/c1-19(2)14-23-7-6-22(15-24(23)30)20(3)28(37)42-12-13-44-45(39,43-10-5-9-41-29(38)21(4)31)18-40-11-8-36-17-35-25-26(32)33-16-34-27(25)36/h6-7,15-17,19-21H,5,8-14,18,31H2,1-4H3,(H2,32,33,34)/t20?,21-,45?/m1/s1. The second kappa shape index (κ2) is 17.3. The number of nitrogen functional groups attached to an aromatic ring is 1. The molecule has 0 aliphatic rings. The van der Waals surface area contributed by atoms with Gasteiger partial charge in [0.05, 0.1) is 38.7 Å². The number of imidazole rings is 1. The van der Waals surface area contributed by atoms with Gasteiger partial charge in [-0.15, -0.1) is 0 Å². The predicted octanol–water partition coefficient (Wildman–Crippen LogP) is 3.57. The van der Waals surface area contributed by atoms with Crippen LogP contribution in [0.1, 0.15) is 51.2 Å². The fraction of sp³-hybridized carbons (Fsp3) is 0.552. The molecule has 0 aliphatic heterocycles. The van der Waals surface area contributed by atoms with Gasteiger partial charge in [-0.25, -0.2) is 19.3 Å². The molecule has 1 aromatic carbocycles. The zero-order valence-electron chi connectivity index (χ0n) is 26.0. The molecule has 3 atom stereocenters. The Morgan fingerprint density at radius 1 is 0.978 bits per heavy atom. The lowest BCUT2D eigenvalue weighted by Gasteiger charge is -2.19. The van der Waals surface area contributed by atoms with Crippen molar-refractivity contribution in [2.24, 2.45) is 11.7 Å². The van der Waals surface area contributed by atoms with E-state index in [1.54, 1.807) is 30.0 Å². The Labute approximate surface area is 261 Å². The maximum Gasteiger partial charge on any atom is 0.356 e. The normalized spacial score (nSPS) is 14.3. The lowest BCUT2D eigenvalue weighted by atomic mass is 9.96. The van der Waals surface area contributed by atoms with Crippen LogP contribution in [-0.2, 0) is 50.4 Å². The summed E-state index contributed by atoms with van der Waals surface area (Å²) in [5.74, 6) is -1.70. The van der Waals surface area contributed by atoms with Crippen LogP contribution < -0.4 is 11.5 Å². The summed E-state index contributed by atoms with van der Waals surface area (Å²) in [5.41, 5.74) is 13.3. The first-order valence-corrected chi connectivity index (χ1v) is 16.4. The van der Waals surface area contributed by atoms with Gasteiger partial charge in [-0.2, -0.15) is 0 Å². The lowest BCUT2D eigenvalue weighted by molar-refractivity contribution is -0.146. The number of benzene rings is 1. The maximum atomic E-state index is 14.5. The molecule has 0 fully saturated rings. The number of hydrogen-bond donors (Lipinski definition) is 2. The van der Waals surface area contributed by atoms with Gasteiger partial charge in [-0.3, -0.25) is 14.2 Å². The number of nitrogens with two attached hydrogens (primary N) is 2. The molecule has 14 nitrogen and oxygen atoms in total. The van der Waals surface area contributed by atoms with Gasteiger partial charge in [-0.1, -0.05) is 26.0 Å². The van der Waals surface area contributed by atoms with Crippen LogP contribution in [0.25, 0.3) is 11.2 Å². The summed E-state index contributed by atoms with van der Waals surface area (Å²) in [6.07, 6.45) is 3.29. The number of aromatic nitrogens is 4. The second-order valence-electron chi connectivity index (χ2n) is 10.8. The summed E-state index contributed by atoms with van der Waals surface area (Å²) in [5, 5.41) is 0. The number of anilines is 1. The molecule has 45 heavy (non-hydrogen) atoms. The topological polar surface area (TPSA) is 193 Å². The van der Waals surface area contributed by atoms with Crippen molar-refractivity contribution in [3.8, 4) is 0 Å². The number of nitrogens with zero attached hydrogens (tertiary/aromatic N) is 4. The molecule has 0 radical (unpaired) electrons. The van der Waals surface area contributed by atoms with Crippen molar-refractivity contribution in [1.29, 1.82) is 0 Å². The molecular formula is C29H42FN6O8P. The summed E-state index contributed by atoms with van der Waals surface area (Å²) >= 11 is 0. The highest BCUT2D eigenvalue weighted by Gasteiger charge is 2.26. The first-order valence-electron chi connectivity index (χ1n) is 14.6. The molecule has 16 heteroatoms. The average molecular weight is 653 g/mol. The van der Waals surface area contributed by atoms with E-state index in [2.05, 4.69) is 15.0 Å². The number of hydrogen-bond acceptors (Lipinski definition) is 13. The molecule has 0 saturated carbocycles. The Bertz CT molecular complexity index is 1470. The van der Waals surface area contributed by atoms with E-state index >= 15 is 0 Å². The Hall–Kier alpha value is -3.49. The number of carbonyl (C=O) groups is 2. The molecule has 2 heterocycles. The van der Waals surface area contributed by atoms with Crippen LogP contribution in [0, 0.1) is 11.7 Å². The van der Waals surface area contributed by atoms with Crippen molar-refractivity contribution in [2.75, 3.05) is 45.1 Å². The van der Waals surface area contributed by atoms with Crippen LogP contribution in [0.5, 0.6) is 0 Å². The number of halogens is 1. The highest BCUT2D eigenvalue weighted by molar-refractivity contribution is 7.53. The van der Waals surface area contributed by atoms with Crippen molar-refractivity contribution in [3.63, 3.8) is 0 Å². The van der Waals surface area contributed by atoms with E-state index in [1.807, 2.05) is 13.8 Å². The van der Waals surface area contributed by atoms with Gasteiger partial charge in [0.15, 0.2) is 11.5 Å². The highest BCUT2D eigenvalue weighted by Crippen LogP contribution is 2.48. The average Bonchev–Trinajstić information content (AvgIpc) is 3.42. The predicted molar refractivity (Wildman–Crippen MR) is 164 cm³/mol. The number of esters is 2. The van der Waals surface area contributed by atoms with Crippen molar-refractivity contribution in [3.05, 3.63) is 47.8 Å². The van der Waals surface area contributed by atoms with Crippen LogP contribution in [0.3, 0.4) is 0 Å². The van der Waals surface area contributed by atoms with Crippen molar-refractivity contribution >= 4 is 36.5 Å². The SMILES string of the molecule is CC(C)Cc1ccc(C(C)C(=O)OCCOP(=O)(COCCn2cnc3c(N)ncnc32)OCCCOC(=O)[C@@H](C)N)cc1F. The van der Waals surface area contributed by atoms with Gasteiger partial charge in [0.2, 0.25) is 0 Å². The van der Waals surface area contributed by atoms with Crippen LogP contribution in [0.15, 0.2) is 30.9 Å². The van der Waals surface area contributed by atoms with Crippen LogP contribution >= 0.6 is 7.60 Å². The number of rotatable bonds is 19. The zero-order chi connectivity index (χ0) is 33.0. The third kappa shape index (κ3) is 11.1. The van der Waals surface area contributed by atoms with E-state index < -0.39 is 37.8 Å². The zero-order valence-corrected chi connectivity index (χ0v) is 26.9. The molecule has 0 amide bonds. The maximum absolute atomic E-state index is 14.5. The number of ether oxygens (including phenoxy) is 3. The van der Waals surface area contributed by atoms with E-state index in [-0.39, 0.29) is 51.1 Å². The summed E-state index contributed by atoms with van der Waals surface area (Å²) < 4.78 is 56.6. The summed E-state index contributed by atoms with van der Waals surface area (Å²) in [6.45, 7) is 7.02. The Morgan fingerprint density at radius 2 is 1.71 bits per heavy atom.